The van der Waals surface area contributed by atoms with E-state index in [1.54, 1.807) is 5.41 Å². The summed E-state index contributed by atoms with van der Waals surface area (Å²) in [5.41, 5.74) is 0.496. The Morgan fingerprint density at radius 2 is 2.06 bits per heavy atom. The molecular weight excluding hydrogens is 220 g/mol. The highest BCUT2D eigenvalue weighted by Crippen LogP contribution is 2.22. The summed E-state index contributed by atoms with van der Waals surface area (Å²) in [6.07, 6.45) is 2.58. The van der Waals surface area contributed by atoms with Gasteiger partial charge in [0.25, 0.3) is 0 Å². The van der Waals surface area contributed by atoms with Gasteiger partial charge in [-0.2, -0.15) is 0 Å². The number of unbranched alkanes of at least 4 members (excludes halogenated alkanes) is 1. The van der Waals surface area contributed by atoms with Crippen LogP contribution in [0.15, 0.2) is 46.2 Å². The molecule has 3 heteroatoms. The number of carboxylic acid groups (broad SMARTS) is 1. The van der Waals surface area contributed by atoms with Crippen molar-refractivity contribution in [3.05, 3.63) is 41.3 Å². The fraction of sp³-hybridized carbons (Fsp3) is 0.308. The normalized spacial score (nSPS) is 11.4. The van der Waals surface area contributed by atoms with Gasteiger partial charge in [-0.25, -0.2) is 4.79 Å². The second-order valence-corrected chi connectivity index (χ2v) is 4.43. The molecule has 0 aromatic heterocycles. The molecule has 0 amide bonds. The average molecular weight is 236 g/mol. The van der Waals surface area contributed by atoms with E-state index in [0.717, 1.165) is 17.7 Å². The maximum atomic E-state index is 10.9. The summed E-state index contributed by atoms with van der Waals surface area (Å²) < 4.78 is 0. The number of benzene rings is 1. The third-order valence-corrected chi connectivity index (χ3v) is 3.10. The molecule has 0 fully saturated rings. The van der Waals surface area contributed by atoms with Crippen molar-refractivity contribution in [3.8, 4) is 0 Å². The molecule has 86 valence electrons. The average Bonchev–Trinajstić information content (AvgIpc) is 2.30. The highest BCUT2D eigenvalue weighted by molar-refractivity contribution is 8.02. The van der Waals surface area contributed by atoms with E-state index >= 15 is 0 Å². The zero-order valence-corrected chi connectivity index (χ0v) is 10.2. The fourth-order valence-electron chi connectivity index (χ4n) is 1.22. The summed E-state index contributed by atoms with van der Waals surface area (Å²) in [5, 5.41) is 10.7. The van der Waals surface area contributed by atoms with Gasteiger partial charge in [0, 0.05) is 10.5 Å². The first kappa shape index (κ1) is 12.8. The van der Waals surface area contributed by atoms with Gasteiger partial charge in [0.2, 0.25) is 0 Å². The Balaban J connectivity index is 2.61. The number of hydrogen-bond donors (Lipinski definition) is 1. The van der Waals surface area contributed by atoms with Crippen molar-refractivity contribution < 1.29 is 9.90 Å². The van der Waals surface area contributed by atoms with Crippen LogP contribution in [-0.2, 0) is 4.79 Å². The standard InChI is InChI=1S/C13H16O2S/c1-2-3-7-11(13(14)15)10-16-12-8-5-4-6-9-12/h4-6,8-10H,2-3,7H2,1H3,(H,14,15)/b11-10+. The van der Waals surface area contributed by atoms with Gasteiger partial charge in [0.05, 0.1) is 0 Å². The van der Waals surface area contributed by atoms with Crippen LogP contribution in [0.1, 0.15) is 26.2 Å². The number of aliphatic carboxylic acids is 1. The van der Waals surface area contributed by atoms with Crippen LogP contribution in [0.5, 0.6) is 0 Å². The molecule has 1 aromatic carbocycles. The molecule has 0 spiro atoms. The summed E-state index contributed by atoms with van der Waals surface area (Å²) >= 11 is 1.46. The molecule has 0 unspecified atom stereocenters. The van der Waals surface area contributed by atoms with Crippen molar-refractivity contribution in [2.45, 2.75) is 31.1 Å². The Morgan fingerprint density at radius 1 is 1.38 bits per heavy atom. The minimum Gasteiger partial charge on any atom is -0.478 e. The lowest BCUT2D eigenvalue weighted by atomic mass is 10.1. The van der Waals surface area contributed by atoms with Gasteiger partial charge in [0.15, 0.2) is 0 Å². The van der Waals surface area contributed by atoms with Crippen LogP contribution in [0.25, 0.3) is 0 Å². The molecule has 1 N–H and O–H groups in total. The predicted molar refractivity (Wildman–Crippen MR) is 67.5 cm³/mol. The molecule has 0 radical (unpaired) electrons. The van der Waals surface area contributed by atoms with Crippen molar-refractivity contribution in [2.24, 2.45) is 0 Å². The Bertz CT molecular complexity index is 357. The highest BCUT2D eigenvalue weighted by Gasteiger charge is 2.06. The van der Waals surface area contributed by atoms with Crippen LogP contribution in [0, 0.1) is 0 Å². The van der Waals surface area contributed by atoms with Gasteiger partial charge in [-0.1, -0.05) is 43.3 Å². The van der Waals surface area contributed by atoms with Gasteiger partial charge in [0.1, 0.15) is 0 Å². The Morgan fingerprint density at radius 3 is 2.62 bits per heavy atom. The third kappa shape index (κ3) is 4.53. The zero-order valence-electron chi connectivity index (χ0n) is 9.35. The second-order valence-electron chi connectivity index (χ2n) is 3.48. The van der Waals surface area contributed by atoms with E-state index in [0.29, 0.717) is 12.0 Å². The minimum atomic E-state index is -0.808. The van der Waals surface area contributed by atoms with Crippen molar-refractivity contribution in [3.63, 3.8) is 0 Å². The molecule has 16 heavy (non-hydrogen) atoms. The van der Waals surface area contributed by atoms with Crippen LogP contribution in [0.2, 0.25) is 0 Å². The number of thioether (sulfide) groups is 1. The monoisotopic (exact) mass is 236 g/mol. The van der Waals surface area contributed by atoms with E-state index < -0.39 is 5.97 Å². The first-order valence-corrected chi connectivity index (χ1v) is 6.26. The van der Waals surface area contributed by atoms with Crippen molar-refractivity contribution in [1.82, 2.24) is 0 Å². The summed E-state index contributed by atoms with van der Waals surface area (Å²) in [6.45, 7) is 2.06. The van der Waals surface area contributed by atoms with Gasteiger partial charge >= 0.3 is 5.97 Å². The van der Waals surface area contributed by atoms with E-state index in [4.69, 9.17) is 5.11 Å². The van der Waals surface area contributed by atoms with Crippen molar-refractivity contribution >= 4 is 17.7 Å². The quantitative estimate of drug-likeness (QED) is 0.600. The molecule has 0 atom stereocenters. The minimum absolute atomic E-state index is 0.496. The maximum absolute atomic E-state index is 10.9. The van der Waals surface area contributed by atoms with Gasteiger partial charge < -0.3 is 5.11 Å². The smallest absolute Gasteiger partial charge is 0.332 e. The van der Waals surface area contributed by atoms with Gasteiger partial charge in [-0.15, -0.1) is 0 Å². The van der Waals surface area contributed by atoms with E-state index in [1.807, 2.05) is 30.3 Å². The molecular formula is C13H16O2S. The Kier molecular flexibility index (Phi) is 5.72. The van der Waals surface area contributed by atoms with Crippen LogP contribution < -0.4 is 0 Å². The second kappa shape index (κ2) is 7.12. The summed E-state index contributed by atoms with van der Waals surface area (Å²) in [6, 6.07) is 9.79. The Labute approximate surface area is 100 Å². The molecule has 0 saturated carbocycles. The number of rotatable bonds is 6. The van der Waals surface area contributed by atoms with E-state index in [9.17, 15) is 4.79 Å². The number of carbonyl (C=O) groups is 1. The lowest BCUT2D eigenvalue weighted by Gasteiger charge is -2.01. The third-order valence-electron chi connectivity index (χ3n) is 2.15. The van der Waals surface area contributed by atoms with Crippen LogP contribution >= 0.6 is 11.8 Å². The van der Waals surface area contributed by atoms with E-state index in [2.05, 4.69) is 6.92 Å². The summed E-state index contributed by atoms with van der Waals surface area (Å²) in [4.78, 5) is 12.0. The molecule has 2 nitrogen and oxygen atoms in total. The summed E-state index contributed by atoms with van der Waals surface area (Å²) in [7, 11) is 0. The SMILES string of the molecule is CCCC/C(=C\Sc1ccccc1)C(=O)O. The molecule has 0 aliphatic rings. The Hall–Kier alpha value is -1.22. The molecule has 0 heterocycles. The van der Waals surface area contributed by atoms with E-state index in [1.165, 1.54) is 11.8 Å². The molecule has 0 bridgehead atoms. The summed E-state index contributed by atoms with van der Waals surface area (Å²) in [5.74, 6) is -0.808. The lowest BCUT2D eigenvalue weighted by molar-refractivity contribution is -0.132. The topological polar surface area (TPSA) is 37.3 Å². The predicted octanol–water partition coefficient (Wildman–Crippen LogP) is 3.94. The number of hydrogen-bond acceptors (Lipinski definition) is 2. The first-order chi connectivity index (χ1) is 7.74. The van der Waals surface area contributed by atoms with Gasteiger partial charge in [-0.3, -0.25) is 0 Å². The first-order valence-electron chi connectivity index (χ1n) is 5.38. The number of carboxylic acids is 1. The fourth-order valence-corrected chi connectivity index (χ4v) is 2.03. The van der Waals surface area contributed by atoms with Crippen LogP contribution in [-0.4, -0.2) is 11.1 Å². The highest BCUT2D eigenvalue weighted by atomic mass is 32.2. The van der Waals surface area contributed by atoms with E-state index in [-0.39, 0.29) is 0 Å². The van der Waals surface area contributed by atoms with Crippen molar-refractivity contribution in [1.29, 1.82) is 0 Å². The lowest BCUT2D eigenvalue weighted by Crippen LogP contribution is -1.99. The zero-order chi connectivity index (χ0) is 11.8. The van der Waals surface area contributed by atoms with Crippen molar-refractivity contribution in [2.75, 3.05) is 0 Å². The van der Waals surface area contributed by atoms with Crippen LogP contribution in [0.4, 0.5) is 0 Å². The van der Waals surface area contributed by atoms with Crippen LogP contribution in [0.3, 0.4) is 0 Å². The largest absolute Gasteiger partial charge is 0.478 e. The molecule has 1 aromatic rings. The molecule has 0 aliphatic carbocycles. The maximum Gasteiger partial charge on any atom is 0.332 e. The molecule has 0 aliphatic heterocycles. The molecule has 0 saturated heterocycles. The molecule has 1 rings (SSSR count). The van der Waals surface area contributed by atoms with Gasteiger partial charge in [-0.05, 0) is 30.4 Å².